The van der Waals surface area contributed by atoms with Crippen molar-refractivity contribution in [2.45, 2.75) is 32.3 Å². The molecule has 0 heterocycles. The highest BCUT2D eigenvalue weighted by molar-refractivity contribution is 5.73. The van der Waals surface area contributed by atoms with Crippen LogP contribution >= 0.6 is 0 Å². The standard InChI is InChI=1S/C8H10F6O3/c1-6(2,5(15)16)3-17-4(7(9,10)11)8(12,13)14/h4H,3H2,1-2H3,(H,15,16). The van der Waals surface area contributed by atoms with E-state index < -0.39 is 36.4 Å². The van der Waals surface area contributed by atoms with E-state index in [1.165, 1.54) is 0 Å². The molecule has 1 N–H and O–H groups in total. The molecule has 0 unspecified atom stereocenters. The largest absolute Gasteiger partial charge is 0.481 e. The summed E-state index contributed by atoms with van der Waals surface area (Å²) in [5.74, 6) is -1.56. The monoisotopic (exact) mass is 268 g/mol. The zero-order valence-electron chi connectivity index (χ0n) is 8.82. The average Bonchev–Trinajstić information content (AvgIpc) is 1.97. The maximum absolute atomic E-state index is 12.0. The summed E-state index contributed by atoms with van der Waals surface area (Å²) in [6.45, 7) is 0.713. The maximum atomic E-state index is 12.0. The molecule has 0 aliphatic rings. The first kappa shape index (κ1) is 16.0. The van der Waals surface area contributed by atoms with Crippen molar-refractivity contribution in [3.8, 4) is 0 Å². The Bertz CT molecular complexity index is 266. The number of hydrogen-bond acceptors (Lipinski definition) is 2. The Morgan fingerprint density at radius 3 is 1.71 bits per heavy atom. The first-order valence-corrected chi connectivity index (χ1v) is 4.27. The van der Waals surface area contributed by atoms with Gasteiger partial charge in [0.25, 0.3) is 0 Å². The van der Waals surface area contributed by atoms with Crippen LogP contribution in [0.5, 0.6) is 0 Å². The SMILES string of the molecule is CC(C)(COC(C(F)(F)F)C(F)(F)F)C(=O)O. The van der Waals surface area contributed by atoms with Gasteiger partial charge in [0.2, 0.25) is 6.10 Å². The van der Waals surface area contributed by atoms with Gasteiger partial charge in [0.1, 0.15) is 0 Å². The molecule has 17 heavy (non-hydrogen) atoms. The number of carbonyl (C=O) groups is 1. The molecular weight excluding hydrogens is 258 g/mol. The van der Waals surface area contributed by atoms with E-state index >= 15 is 0 Å². The Morgan fingerprint density at radius 2 is 1.47 bits per heavy atom. The molecular formula is C8H10F6O3. The quantitative estimate of drug-likeness (QED) is 0.797. The predicted octanol–water partition coefficient (Wildman–Crippen LogP) is 2.61. The molecule has 0 bridgehead atoms. The molecule has 0 amide bonds. The van der Waals surface area contributed by atoms with Crippen molar-refractivity contribution in [2.75, 3.05) is 6.61 Å². The fourth-order valence-electron chi connectivity index (χ4n) is 0.728. The van der Waals surface area contributed by atoms with E-state index in [0.717, 1.165) is 13.8 Å². The van der Waals surface area contributed by atoms with E-state index in [1.807, 2.05) is 0 Å². The summed E-state index contributed by atoms with van der Waals surface area (Å²) >= 11 is 0. The van der Waals surface area contributed by atoms with Crippen molar-refractivity contribution >= 4 is 5.97 Å². The molecule has 0 aromatic carbocycles. The molecule has 0 aromatic rings. The zero-order chi connectivity index (χ0) is 14.1. The van der Waals surface area contributed by atoms with E-state index in [2.05, 4.69) is 4.74 Å². The van der Waals surface area contributed by atoms with Crippen LogP contribution in [0.2, 0.25) is 0 Å². The van der Waals surface area contributed by atoms with Crippen LogP contribution in [0.25, 0.3) is 0 Å². The number of ether oxygens (including phenoxy) is 1. The lowest BCUT2D eigenvalue weighted by Gasteiger charge is -2.27. The third-order valence-corrected chi connectivity index (χ3v) is 1.78. The van der Waals surface area contributed by atoms with E-state index in [1.54, 1.807) is 0 Å². The second-order valence-electron chi connectivity index (χ2n) is 3.96. The predicted molar refractivity (Wildman–Crippen MR) is 43.3 cm³/mol. The third-order valence-electron chi connectivity index (χ3n) is 1.78. The fraction of sp³-hybridized carbons (Fsp3) is 0.875. The summed E-state index contributed by atoms with van der Waals surface area (Å²) in [7, 11) is 0. The van der Waals surface area contributed by atoms with Crippen LogP contribution in [-0.4, -0.2) is 36.1 Å². The molecule has 9 heteroatoms. The lowest BCUT2D eigenvalue weighted by atomic mass is 9.95. The van der Waals surface area contributed by atoms with E-state index in [-0.39, 0.29) is 0 Å². The second-order valence-corrected chi connectivity index (χ2v) is 3.96. The topological polar surface area (TPSA) is 46.5 Å². The van der Waals surface area contributed by atoms with Gasteiger partial charge in [0.15, 0.2) is 0 Å². The van der Waals surface area contributed by atoms with Gasteiger partial charge in [-0.05, 0) is 13.8 Å². The number of aliphatic carboxylic acids is 1. The van der Waals surface area contributed by atoms with Crippen molar-refractivity contribution < 1.29 is 41.0 Å². The van der Waals surface area contributed by atoms with Crippen LogP contribution in [0, 0.1) is 5.41 Å². The summed E-state index contributed by atoms with van der Waals surface area (Å²) in [5, 5.41) is 8.52. The van der Waals surface area contributed by atoms with Gasteiger partial charge in [0, 0.05) is 0 Å². The molecule has 0 aliphatic carbocycles. The van der Waals surface area contributed by atoms with Crippen molar-refractivity contribution in [3.63, 3.8) is 0 Å². The number of hydrogen-bond donors (Lipinski definition) is 1. The second kappa shape index (κ2) is 4.71. The van der Waals surface area contributed by atoms with Gasteiger partial charge in [-0.15, -0.1) is 0 Å². The van der Waals surface area contributed by atoms with Gasteiger partial charge in [-0.2, -0.15) is 26.3 Å². The molecule has 3 nitrogen and oxygen atoms in total. The van der Waals surface area contributed by atoms with E-state index in [9.17, 15) is 31.1 Å². The highest BCUT2D eigenvalue weighted by Gasteiger charge is 2.58. The van der Waals surface area contributed by atoms with Gasteiger partial charge in [-0.25, -0.2) is 0 Å². The Kier molecular flexibility index (Phi) is 4.44. The Morgan fingerprint density at radius 1 is 1.12 bits per heavy atom. The summed E-state index contributed by atoms with van der Waals surface area (Å²) in [5.41, 5.74) is -1.84. The van der Waals surface area contributed by atoms with Crippen molar-refractivity contribution in [3.05, 3.63) is 0 Å². The van der Waals surface area contributed by atoms with Crippen molar-refractivity contribution in [1.82, 2.24) is 0 Å². The lowest BCUT2D eigenvalue weighted by molar-refractivity contribution is -0.325. The summed E-state index contributed by atoms with van der Waals surface area (Å²) in [4.78, 5) is 10.5. The summed E-state index contributed by atoms with van der Waals surface area (Å²) < 4.78 is 75.7. The first-order valence-electron chi connectivity index (χ1n) is 4.27. The molecule has 102 valence electrons. The molecule has 0 spiro atoms. The highest BCUT2D eigenvalue weighted by atomic mass is 19.4. The van der Waals surface area contributed by atoms with Crippen LogP contribution in [0.3, 0.4) is 0 Å². The molecule has 0 aromatic heterocycles. The van der Waals surface area contributed by atoms with Gasteiger partial charge in [-0.1, -0.05) is 0 Å². The molecule has 0 saturated carbocycles. The maximum Gasteiger partial charge on any atom is 0.423 e. The zero-order valence-corrected chi connectivity index (χ0v) is 8.82. The summed E-state index contributed by atoms with van der Waals surface area (Å²) in [6.07, 6.45) is -15.2. The van der Waals surface area contributed by atoms with Gasteiger partial charge < -0.3 is 9.84 Å². The lowest BCUT2D eigenvalue weighted by Crippen LogP contribution is -2.46. The van der Waals surface area contributed by atoms with Crippen LogP contribution in [0.15, 0.2) is 0 Å². The number of carboxylic acids is 1. The Hall–Kier alpha value is -0.990. The Balaban J connectivity index is 4.77. The molecule has 0 radical (unpaired) electrons. The summed E-state index contributed by atoms with van der Waals surface area (Å²) in [6, 6.07) is 0. The van der Waals surface area contributed by atoms with Crippen LogP contribution < -0.4 is 0 Å². The highest BCUT2D eigenvalue weighted by Crippen LogP contribution is 2.36. The molecule has 0 saturated heterocycles. The minimum Gasteiger partial charge on any atom is -0.481 e. The number of rotatable bonds is 4. The normalized spacial score (nSPS) is 14.2. The number of alkyl halides is 6. The minimum atomic E-state index is -5.63. The van der Waals surface area contributed by atoms with Gasteiger partial charge in [0.05, 0.1) is 12.0 Å². The Labute approximate surface area is 92.4 Å². The van der Waals surface area contributed by atoms with Crippen molar-refractivity contribution in [2.24, 2.45) is 5.41 Å². The van der Waals surface area contributed by atoms with Crippen LogP contribution in [0.1, 0.15) is 13.8 Å². The third kappa shape index (κ3) is 4.80. The van der Waals surface area contributed by atoms with E-state index in [4.69, 9.17) is 5.11 Å². The number of halogens is 6. The minimum absolute atomic E-state index is 0.957. The van der Waals surface area contributed by atoms with Crippen LogP contribution in [-0.2, 0) is 9.53 Å². The fourth-order valence-corrected chi connectivity index (χ4v) is 0.728. The van der Waals surface area contributed by atoms with Crippen LogP contribution in [0.4, 0.5) is 26.3 Å². The molecule has 0 fully saturated rings. The van der Waals surface area contributed by atoms with Gasteiger partial charge in [-0.3, -0.25) is 4.79 Å². The van der Waals surface area contributed by atoms with Crippen molar-refractivity contribution in [1.29, 1.82) is 0 Å². The molecule has 0 aliphatic heterocycles. The van der Waals surface area contributed by atoms with Gasteiger partial charge >= 0.3 is 18.3 Å². The molecule has 0 atom stereocenters. The smallest absolute Gasteiger partial charge is 0.423 e. The number of carboxylic acid groups (broad SMARTS) is 1. The first-order chi connectivity index (χ1) is 7.28. The average molecular weight is 268 g/mol. The van der Waals surface area contributed by atoms with E-state index in [0.29, 0.717) is 0 Å². The molecule has 0 rings (SSSR count).